The molecule has 1 aromatic carbocycles. The van der Waals surface area contributed by atoms with Crippen LogP contribution in [0.25, 0.3) is 0 Å². The Hall–Kier alpha value is -1.83. The molecule has 0 aliphatic heterocycles. The second kappa shape index (κ2) is 5.61. The summed E-state index contributed by atoms with van der Waals surface area (Å²) in [6.45, 7) is 16.5. The number of aromatic hydroxyl groups is 1. The summed E-state index contributed by atoms with van der Waals surface area (Å²) in [6, 6.07) is 5.65. The maximum atomic E-state index is 13.1. The first-order chi connectivity index (χ1) is 10.8. The fraction of sp³-hybridized carbons (Fsp3) is 0.500. The van der Waals surface area contributed by atoms with Gasteiger partial charge in [-0.3, -0.25) is 4.79 Å². The number of hydrogen-bond acceptors (Lipinski definition) is 2. The second-order valence-corrected chi connectivity index (χ2v) is 9.25. The molecule has 1 aliphatic carbocycles. The van der Waals surface area contributed by atoms with E-state index in [1.54, 1.807) is 6.07 Å². The van der Waals surface area contributed by atoms with E-state index in [0.29, 0.717) is 0 Å². The summed E-state index contributed by atoms with van der Waals surface area (Å²) in [5, 5.41) is 10.5. The number of carbonyl (C=O) groups is 1. The molecule has 0 amide bonds. The van der Waals surface area contributed by atoms with Gasteiger partial charge in [0, 0.05) is 22.1 Å². The quantitative estimate of drug-likeness (QED) is 0.741. The van der Waals surface area contributed by atoms with E-state index >= 15 is 0 Å². The Kier molecular flexibility index (Phi) is 4.33. The maximum Gasteiger partial charge on any atom is 0.185 e. The molecule has 24 heavy (non-hydrogen) atoms. The molecule has 0 aromatic heterocycles. The van der Waals surface area contributed by atoms with Crippen LogP contribution in [0.15, 0.2) is 41.5 Å². The molecule has 0 saturated heterocycles. The average Bonchev–Trinajstić information content (AvgIpc) is 2.41. The number of rotatable bonds is 1. The van der Waals surface area contributed by atoms with E-state index < -0.39 is 5.41 Å². The highest BCUT2D eigenvalue weighted by Crippen LogP contribution is 2.46. The Morgan fingerprint density at radius 3 is 1.79 bits per heavy atom. The minimum Gasteiger partial charge on any atom is -0.508 e. The number of hydrogen-bond donors (Lipinski definition) is 1. The van der Waals surface area contributed by atoms with Crippen LogP contribution in [-0.2, 0) is 10.2 Å². The minimum atomic E-state index is -0.505. The van der Waals surface area contributed by atoms with Crippen molar-refractivity contribution in [2.75, 3.05) is 0 Å². The van der Waals surface area contributed by atoms with Crippen molar-refractivity contribution in [3.63, 3.8) is 0 Å². The number of Topliss-reactive ketones (excluding diaryl/α,β-unsaturated/α-hetero) is 1. The molecule has 0 radical (unpaired) electrons. The molecule has 0 spiro atoms. The Labute approximate surface area is 146 Å². The lowest BCUT2D eigenvalue weighted by Gasteiger charge is -2.38. The maximum absolute atomic E-state index is 13.1. The van der Waals surface area contributed by atoms with Gasteiger partial charge in [-0.1, -0.05) is 71.4 Å². The summed E-state index contributed by atoms with van der Waals surface area (Å²) >= 11 is 0. The zero-order valence-electron chi connectivity index (χ0n) is 16.2. The molecule has 1 aromatic rings. The van der Waals surface area contributed by atoms with Crippen LogP contribution in [0.2, 0.25) is 0 Å². The van der Waals surface area contributed by atoms with E-state index in [2.05, 4.69) is 48.5 Å². The van der Waals surface area contributed by atoms with Crippen molar-refractivity contribution in [1.82, 2.24) is 0 Å². The summed E-state index contributed by atoms with van der Waals surface area (Å²) in [5.74, 6) is 0.395. The Morgan fingerprint density at radius 1 is 0.917 bits per heavy atom. The van der Waals surface area contributed by atoms with Crippen molar-refractivity contribution in [3.8, 4) is 5.75 Å². The molecule has 0 unspecified atom stereocenters. The molecule has 0 bridgehead atoms. The van der Waals surface area contributed by atoms with E-state index in [4.69, 9.17) is 0 Å². The standard InChI is InChI=1S/C22H30O2/c1-14-9-10-18(23)15(11-14)22(8)12-16(20(2,3)4)19(24)17(13-22)21(5,6)7/h9-13,23H,1-8H3. The van der Waals surface area contributed by atoms with Gasteiger partial charge < -0.3 is 5.11 Å². The molecule has 2 nitrogen and oxygen atoms in total. The molecule has 0 heterocycles. The van der Waals surface area contributed by atoms with Gasteiger partial charge in [0.2, 0.25) is 0 Å². The summed E-state index contributed by atoms with van der Waals surface area (Å²) < 4.78 is 0. The highest BCUT2D eigenvalue weighted by Gasteiger charge is 2.40. The smallest absolute Gasteiger partial charge is 0.185 e. The summed E-state index contributed by atoms with van der Waals surface area (Å²) in [6.07, 6.45) is 4.08. The van der Waals surface area contributed by atoms with Crippen LogP contribution in [0.3, 0.4) is 0 Å². The van der Waals surface area contributed by atoms with Crippen molar-refractivity contribution < 1.29 is 9.90 Å². The van der Waals surface area contributed by atoms with Crippen LogP contribution in [0.4, 0.5) is 0 Å². The lowest BCUT2D eigenvalue weighted by molar-refractivity contribution is -0.114. The molecule has 1 N–H and O–H groups in total. The van der Waals surface area contributed by atoms with Gasteiger partial charge in [0.25, 0.3) is 0 Å². The average molecular weight is 326 g/mol. The number of phenols is 1. The molecule has 2 rings (SSSR count). The van der Waals surface area contributed by atoms with Gasteiger partial charge in [-0.05, 0) is 30.7 Å². The lowest BCUT2D eigenvalue weighted by atomic mass is 9.65. The topological polar surface area (TPSA) is 37.3 Å². The van der Waals surface area contributed by atoms with Gasteiger partial charge in [0.1, 0.15) is 5.75 Å². The third-order valence-corrected chi connectivity index (χ3v) is 4.73. The highest BCUT2D eigenvalue weighted by atomic mass is 16.3. The normalized spacial score (nSPS) is 18.2. The molecular formula is C22H30O2. The lowest BCUT2D eigenvalue weighted by Crippen LogP contribution is -2.34. The molecule has 130 valence electrons. The fourth-order valence-corrected chi connectivity index (χ4v) is 3.27. The van der Waals surface area contributed by atoms with Crippen LogP contribution in [0.1, 0.15) is 59.6 Å². The summed E-state index contributed by atoms with van der Waals surface area (Å²) in [4.78, 5) is 13.1. The third-order valence-electron chi connectivity index (χ3n) is 4.73. The van der Waals surface area contributed by atoms with E-state index in [-0.39, 0.29) is 22.4 Å². The van der Waals surface area contributed by atoms with E-state index in [1.807, 2.05) is 31.2 Å². The van der Waals surface area contributed by atoms with Crippen molar-refractivity contribution in [2.24, 2.45) is 10.8 Å². The van der Waals surface area contributed by atoms with Crippen LogP contribution >= 0.6 is 0 Å². The van der Waals surface area contributed by atoms with Crippen LogP contribution in [0.5, 0.6) is 5.75 Å². The predicted octanol–water partition coefficient (Wildman–Crippen LogP) is 5.49. The first kappa shape index (κ1) is 18.5. The van der Waals surface area contributed by atoms with Crippen molar-refractivity contribution >= 4 is 5.78 Å². The highest BCUT2D eigenvalue weighted by molar-refractivity contribution is 6.11. The molecule has 2 heteroatoms. The number of phenolic OH excluding ortho intramolecular Hbond substituents is 1. The summed E-state index contributed by atoms with van der Waals surface area (Å²) in [7, 11) is 0. The third kappa shape index (κ3) is 3.33. The number of carbonyl (C=O) groups excluding carboxylic acids is 1. The van der Waals surface area contributed by atoms with Crippen LogP contribution in [-0.4, -0.2) is 10.9 Å². The van der Waals surface area contributed by atoms with Crippen LogP contribution < -0.4 is 0 Å². The molecule has 0 saturated carbocycles. The van der Waals surface area contributed by atoms with E-state index in [9.17, 15) is 9.90 Å². The SMILES string of the molecule is Cc1ccc(O)c(C2(C)C=C(C(C)(C)C)C(=O)C(C(C)(C)C)=C2)c1. The van der Waals surface area contributed by atoms with Gasteiger partial charge in [-0.15, -0.1) is 0 Å². The van der Waals surface area contributed by atoms with Gasteiger partial charge in [-0.2, -0.15) is 0 Å². The van der Waals surface area contributed by atoms with Crippen molar-refractivity contribution in [3.05, 3.63) is 52.6 Å². The zero-order valence-corrected chi connectivity index (χ0v) is 16.2. The minimum absolute atomic E-state index is 0.125. The van der Waals surface area contributed by atoms with Gasteiger partial charge in [0.15, 0.2) is 5.78 Å². The van der Waals surface area contributed by atoms with Crippen molar-refractivity contribution in [2.45, 2.75) is 60.8 Å². The molecular weight excluding hydrogens is 296 g/mol. The van der Waals surface area contributed by atoms with E-state index in [1.165, 1.54) is 0 Å². The zero-order chi connectivity index (χ0) is 18.5. The van der Waals surface area contributed by atoms with Crippen molar-refractivity contribution in [1.29, 1.82) is 0 Å². The fourth-order valence-electron chi connectivity index (χ4n) is 3.27. The number of ketones is 1. The van der Waals surface area contributed by atoms with Crippen LogP contribution in [0, 0.1) is 17.8 Å². The first-order valence-electron chi connectivity index (χ1n) is 8.57. The van der Waals surface area contributed by atoms with Gasteiger partial charge in [0.05, 0.1) is 0 Å². The second-order valence-electron chi connectivity index (χ2n) is 9.25. The first-order valence-corrected chi connectivity index (χ1v) is 8.57. The van der Waals surface area contributed by atoms with Gasteiger partial charge >= 0.3 is 0 Å². The number of aryl methyl sites for hydroxylation is 1. The Balaban J connectivity index is 2.78. The Morgan fingerprint density at radius 2 is 1.38 bits per heavy atom. The monoisotopic (exact) mass is 326 g/mol. The van der Waals surface area contributed by atoms with Gasteiger partial charge in [-0.25, -0.2) is 0 Å². The molecule has 1 aliphatic rings. The predicted molar refractivity (Wildman–Crippen MR) is 100 cm³/mol. The largest absolute Gasteiger partial charge is 0.508 e. The molecule has 0 fully saturated rings. The Bertz CT molecular complexity index is 700. The molecule has 0 atom stereocenters. The number of benzene rings is 1. The number of allylic oxidation sites excluding steroid dienone is 4. The van der Waals surface area contributed by atoms with E-state index in [0.717, 1.165) is 22.3 Å². The summed E-state index contributed by atoms with van der Waals surface area (Å²) in [5.41, 5.74) is 2.58.